The number of benzene rings is 1. The zero-order valence-corrected chi connectivity index (χ0v) is 15.5. The van der Waals surface area contributed by atoms with Gasteiger partial charge >= 0.3 is 0 Å². The van der Waals surface area contributed by atoms with E-state index < -0.39 is 0 Å². The lowest BCUT2D eigenvalue weighted by molar-refractivity contribution is -0.134. The van der Waals surface area contributed by atoms with E-state index in [2.05, 4.69) is 20.1 Å². The first kappa shape index (κ1) is 17.5. The summed E-state index contributed by atoms with van der Waals surface area (Å²) in [7, 11) is 0. The molecule has 0 spiro atoms. The van der Waals surface area contributed by atoms with Crippen molar-refractivity contribution in [1.82, 2.24) is 20.1 Å². The Hall–Kier alpha value is -1.89. The number of H-pyrrole nitrogens is 1. The van der Waals surface area contributed by atoms with Crippen LogP contribution in [-0.2, 0) is 4.79 Å². The van der Waals surface area contributed by atoms with Crippen molar-refractivity contribution < 1.29 is 9.18 Å². The summed E-state index contributed by atoms with van der Waals surface area (Å²) >= 11 is 1.32. The molecule has 1 saturated heterocycles. The van der Waals surface area contributed by atoms with Crippen LogP contribution in [-0.4, -0.2) is 44.3 Å². The number of nitrogens with zero attached hydrogens (tertiary/aromatic N) is 3. The number of hydrogen-bond donors (Lipinski definition) is 1. The van der Waals surface area contributed by atoms with Crippen molar-refractivity contribution in [3.63, 3.8) is 0 Å². The Kier molecular flexibility index (Phi) is 5.24. The van der Waals surface area contributed by atoms with Crippen LogP contribution in [0.2, 0.25) is 0 Å². The van der Waals surface area contributed by atoms with Crippen LogP contribution in [0.25, 0.3) is 11.4 Å². The average molecular weight is 374 g/mol. The molecule has 2 atom stereocenters. The van der Waals surface area contributed by atoms with Crippen LogP contribution in [0.3, 0.4) is 0 Å². The summed E-state index contributed by atoms with van der Waals surface area (Å²) in [5.41, 5.74) is 0.388. The summed E-state index contributed by atoms with van der Waals surface area (Å²) in [5, 5.41) is 7.37. The third-order valence-corrected chi connectivity index (χ3v) is 6.31. The molecule has 7 heteroatoms. The van der Waals surface area contributed by atoms with Gasteiger partial charge in [0.2, 0.25) is 11.1 Å². The van der Waals surface area contributed by atoms with Gasteiger partial charge in [0.25, 0.3) is 0 Å². The average Bonchev–Trinajstić information content (AvgIpc) is 3.15. The van der Waals surface area contributed by atoms with E-state index in [1.165, 1.54) is 43.5 Å². The minimum absolute atomic E-state index is 0.170. The van der Waals surface area contributed by atoms with E-state index in [9.17, 15) is 9.18 Å². The summed E-state index contributed by atoms with van der Waals surface area (Å²) in [5.74, 6) is 1.24. The van der Waals surface area contributed by atoms with Crippen LogP contribution in [0, 0.1) is 11.7 Å². The first-order chi connectivity index (χ1) is 12.7. The molecule has 5 nitrogen and oxygen atoms in total. The zero-order valence-electron chi connectivity index (χ0n) is 14.7. The molecule has 2 aliphatic rings. The normalized spacial score (nSPS) is 22.9. The minimum Gasteiger partial charge on any atom is -0.339 e. The van der Waals surface area contributed by atoms with Crippen molar-refractivity contribution >= 4 is 17.7 Å². The van der Waals surface area contributed by atoms with E-state index in [-0.39, 0.29) is 11.7 Å². The minimum atomic E-state index is -0.340. The number of carbonyl (C=O) groups excluding carboxylic acids is 1. The molecule has 1 aliphatic carbocycles. The van der Waals surface area contributed by atoms with E-state index in [0.717, 1.165) is 19.4 Å². The zero-order chi connectivity index (χ0) is 17.9. The number of hydrogen-bond acceptors (Lipinski definition) is 4. The molecule has 1 aliphatic heterocycles. The fourth-order valence-electron chi connectivity index (χ4n) is 4.23. The molecule has 2 heterocycles. The molecule has 26 heavy (non-hydrogen) atoms. The molecule has 0 radical (unpaired) electrons. The highest BCUT2D eigenvalue weighted by Gasteiger charge is 2.35. The Morgan fingerprint density at radius 1 is 1.23 bits per heavy atom. The van der Waals surface area contributed by atoms with Crippen molar-refractivity contribution in [3.05, 3.63) is 30.1 Å². The topological polar surface area (TPSA) is 61.9 Å². The standard InChI is InChI=1S/C19H23FN4OS/c20-15-9-3-2-8-14(15)18-21-19(23-22-18)26-12-17(25)24-11-5-7-13-6-1-4-10-16(13)24/h2-3,8-9,13,16H,1,4-7,10-12H2,(H,21,22,23). The molecule has 1 amide bonds. The molecular weight excluding hydrogens is 351 g/mol. The first-order valence-corrected chi connectivity index (χ1v) is 10.3. The highest BCUT2D eigenvalue weighted by molar-refractivity contribution is 7.99. The Morgan fingerprint density at radius 3 is 2.92 bits per heavy atom. The number of halogens is 1. The van der Waals surface area contributed by atoms with Crippen LogP contribution >= 0.6 is 11.8 Å². The number of thioether (sulfide) groups is 1. The van der Waals surface area contributed by atoms with Gasteiger partial charge < -0.3 is 4.90 Å². The highest BCUT2D eigenvalue weighted by atomic mass is 32.2. The Bertz CT molecular complexity index is 778. The Balaban J connectivity index is 1.38. The van der Waals surface area contributed by atoms with Crippen molar-refractivity contribution in [3.8, 4) is 11.4 Å². The largest absolute Gasteiger partial charge is 0.339 e. The molecule has 2 fully saturated rings. The summed E-state index contributed by atoms with van der Waals surface area (Å²) in [6, 6.07) is 6.87. The van der Waals surface area contributed by atoms with Gasteiger partial charge in [0.05, 0.1) is 11.3 Å². The van der Waals surface area contributed by atoms with E-state index in [1.807, 2.05) is 0 Å². The summed E-state index contributed by atoms with van der Waals surface area (Å²) in [6.07, 6.45) is 7.29. The molecule has 2 unspecified atom stereocenters. The quantitative estimate of drug-likeness (QED) is 0.825. The number of carbonyl (C=O) groups is 1. The van der Waals surface area contributed by atoms with Crippen LogP contribution in [0.1, 0.15) is 38.5 Å². The molecule has 1 aromatic carbocycles. The second-order valence-electron chi connectivity index (χ2n) is 7.08. The fraction of sp³-hybridized carbons (Fsp3) is 0.526. The number of rotatable bonds is 4. The number of aromatic nitrogens is 3. The van der Waals surface area contributed by atoms with Gasteiger partial charge in [-0.3, -0.25) is 9.89 Å². The number of likely N-dealkylation sites (tertiary alicyclic amines) is 1. The van der Waals surface area contributed by atoms with Gasteiger partial charge in [0, 0.05) is 12.6 Å². The second-order valence-corrected chi connectivity index (χ2v) is 8.02. The fourth-order valence-corrected chi connectivity index (χ4v) is 4.91. The SMILES string of the molecule is O=C(CSc1n[nH]c(-c2ccccc2F)n1)N1CCCC2CCCCC21. The lowest BCUT2D eigenvalue weighted by atomic mass is 9.78. The Morgan fingerprint density at radius 2 is 2.04 bits per heavy atom. The lowest BCUT2D eigenvalue weighted by Gasteiger charge is -2.44. The molecule has 2 aromatic rings. The van der Waals surface area contributed by atoms with E-state index >= 15 is 0 Å². The number of aromatic amines is 1. The van der Waals surface area contributed by atoms with Gasteiger partial charge in [-0.25, -0.2) is 9.37 Å². The lowest BCUT2D eigenvalue weighted by Crippen LogP contribution is -2.50. The third kappa shape index (κ3) is 3.63. The maximum atomic E-state index is 13.8. The van der Waals surface area contributed by atoms with Gasteiger partial charge in [-0.1, -0.05) is 36.7 Å². The maximum absolute atomic E-state index is 13.8. The van der Waals surface area contributed by atoms with E-state index in [4.69, 9.17) is 0 Å². The van der Waals surface area contributed by atoms with E-state index in [0.29, 0.717) is 34.3 Å². The van der Waals surface area contributed by atoms with Gasteiger partial charge in [0.1, 0.15) is 5.82 Å². The van der Waals surface area contributed by atoms with Gasteiger partial charge in [-0.15, -0.1) is 5.10 Å². The smallest absolute Gasteiger partial charge is 0.233 e. The first-order valence-electron chi connectivity index (χ1n) is 9.32. The van der Waals surface area contributed by atoms with Crippen molar-refractivity contribution in [2.75, 3.05) is 12.3 Å². The highest BCUT2D eigenvalue weighted by Crippen LogP contribution is 2.35. The van der Waals surface area contributed by atoms with Crippen LogP contribution in [0.5, 0.6) is 0 Å². The van der Waals surface area contributed by atoms with Crippen molar-refractivity contribution in [1.29, 1.82) is 0 Å². The molecule has 4 rings (SSSR count). The molecule has 1 N–H and O–H groups in total. The molecular formula is C19H23FN4OS. The predicted octanol–water partition coefficient (Wildman–Crippen LogP) is 3.88. The van der Waals surface area contributed by atoms with Gasteiger partial charge in [-0.05, 0) is 43.7 Å². The van der Waals surface area contributed by atoms with Crippen LogP contribution < -0.4 is 0 Å². The number of fused-ring (bicyclic) bond motifs is 1. The predicted molar refractivity (Wildman–Crippen MR) is 99.2 cm³/mol. The van der Waals surface area contributed by atoms with Crippen LogP contribution in [0.4, 0.5) is 4.39 Å². The number of nitrogens with one attached hydrogen (secondary N) is 1. The van der Waals surface area contributed by atoms with Crippen molar-refractivity contribution in [2.24, 2.45) is 5.92 Å². The van der Waals surface area contributed by atoms with Crippen molar-refractivity contribution in [2.45, 2.75) is 49.7 Å². The molecule has 1 saturated carbocycles. The molecule has 1 aromatic heterocycles. The summed E-state index contributed by atoms with van der Waals surface area (Å²) < 4.78 is 13.8. The Labute approximate surface area is 156 Å². The second kappa shape index (κ2) is 7.78. The van der Waals surface area contributed by atoms with Crippen LogP contribution in [0.15, 0.2) is 29.4 Å². The molecule has 138 valence electrons. The number of piperidine rings is 1. The number of amides is 1. The maximum Gasteiger partial charge on any atom is 0.233 e. The summed E-state index contributed by atoms with van der Waals surface area (Å²) in [4.78, 5) is 19.2. The van der Waals surface area contributed by atoms with Gasteiger partial charge in [-0.2, -0.15) is 0 Å². The molecule has 0 bridgehead atoms. The monoisotopic (exact) mass is 374 g/mol. The third-order valence-electron chi connectivity index (χ3n) is 5.48. The van der Waals surface area contributed by atoms with Gasteiger partial charge in [0.15, 0.2) is 5.82 Å². The van der Waals surface area contributed by atoms with E-state index in [1.54, 1.807) is 18.2 Å². The summed E-state index contributed by atoms with van der Waals surface area (Å²) in [6.45, 7) is 0.870.